The van der Waals surface area contributed by atoms with Crippen molar-refractivity contribution in [1.82, 2.24) is 4.98 Å². The maximum absolute atomic E-state index is 5.90. The lowest BCUT2D eigenvalue weighted by Gasteiger charge is -2.10. The molecule has 18 heavy (non-hydrogen) atoms. The SMILES string of the molecule is CCNc1cc(Oc2cc(C)ccc2C)ccn1. The first-order valence-corrected chi connectivity index (χ1v) is 6.14. The van der Waals surface area contributed by atoms with Crippen LogP contribution in [-0.2, 0) is 0 Å². The summed E-state index contributed by atoms with van der Waals surface area (Å²) in [5, 5.41) is 3.17. The molecule has 0 amide bonds. The maximum Gasteiger partial charge on any atom is 0.132 e. The molecule has 0 spiro atoms. The van der Waals surface area contributed by atoms with Crippen molar-refractivity contribution in [2.75, 3.05) is 11.9 Å². The predicted octanol–water partition coefficient (Wildman–Crippen LogP) is 3.92. The summed E-state index contributed by atoms with van der Waals surface area (Å²) in [7, 11) is 0. The lowest BCUT2D eigenvalue weighted by atomic mass is 10.1. The van der Waals surface area contributed by atoms with Gasteiger partial charge in [-0.25, -0.2) is 4.98 Å². The first kappa shape index (κ1) is 12.4. The Morgan fingerprint density at radius 2 is 2.00 bits per heavy atom. The fourth-order valence-electron chi connectivity index (χ4n) is 1.70. The van der Waals surface area contributed by atoms with Crippen LogP contribution in [-0.4, -0.2) is 11.5 Å². The first-order chi connectivity index (χ1) is 8.69. The highest BCUT2D eigenvalue weighted by Crippen LogP contribution is 2.26. The van der Waals surface area contributed by atoms with Crippen LogP contribution in [0.15, 0.2) is 36.5 Å². The zero-order chi connectivity index (χ0) is 13.0. The minimum absolute atomic E-state index is 0.801. The Kier molecular flexibility index (Phi) is 3.82. The molecule has 0 atom stereocenters. The van der Waals surface area contributed by atoms with Crippen molar-refractivity contribution < 1.29 is 4.74 Å². The fraction of sp³-hybridized carbons (Fsp3) is 0.267. The number of nitrogens with one attached hydrogen (secondary N) is 1. The van der Waals surface area contributed by atoms with E-state index in [9.17, 15) is 0 Å². The van der Waals surface area contributed by atoms with E-state index in [1.807, 2.05) is 32.0 Å². The van der Waals surface area contributed by atoms with Crippen LogP contribution in [0.3, 0.4) is 0 Å². The molecule has 0 radical (unpaired) electrons. The van der Waals surface area contributed by atoms with E-state index >= 15 is 0 Å². The minimum Gasteiger partial charge on any atom is -0.457 e. The lowest BCUT2D eigenvalue weighted by molar-refractivity contribution is 0.478. The Morgan fingerprint density at radius 1 is 1.17 bits per heavy atom. The number of pyridine rings is 1. The van der Waals surface area contributed by atoms with E-state index < -0.39 is 0 Å². The molecule has 94 valence electrons. The van der Waals surface area contributed by atoms with Crippen molar-refractivity contribution in [3.05, 3.63) is 47.7 Å². The molecule has 3 nitrogen and oxygen atoms in total. The topological polar surface area (TPSA) is 34.1 Å². The van der Waals surface area contributed by atoms with Crippen LogP contribution in [0.1, 0.15) is 18.1 Å². The van der Waals surface area contributed by atoms with Crippen LogP contribution >= 0.6 is 0 Å². The Labute approximate surface area is 108 Å². The lowest BCUT2D eigenvalue weighted by Crippen LogP contribution is -1.99. The molecule has 2 aromatic rings. The quantitative estimate of drug-likeness (QED) is 0.882. The van der Waals surface area contributed by atoms with Gasteiger partial charge in [-0.15, -0.1) is 0 Å². The van der Waals surface area contributed by atoms with Crippen molar-refractivity contribution in [2.45, 2.75) is 20.8 Å². The summed E-state index contributed by atoms with van der Waals surface area (Å²) in [5.74, 6) is 2.53. The van der Waals surface area contributed by atoms with E-state index in [0.29, 0.717) is 0 Å². The van der Waals surface area contributed by atoms with E-state index in [0.717, 1.165) is 29.4 Å². The Hall–Kier alpha value is -2.03. The number of anilines is 1. The molecule has 0 unspecified atom stereocenters. The van der Waals surface area contributed by atoms with Gasteiger partial charge in [-0.3, -0.25) is 0 Å². The zero-order valence-corrected chi connectivity index (χ0v) is 11.0. The number of hydrogen-bond donors (Lipinski definition) is 1. The Morgan fingerprint density at radius 3 is 2.78 bits per heavy atom. The molecule has 3 heteroatoms. The molecule has 1 heterocycles. The van der Waals surface area contributed by atoms with Gasteiger partial charge >= 0.3 is 0 Å². The highest BCUT2D eigenvalue weighted by Gasteiger charge is 2.03. The van der Waals surface area contributed by atoms with E-state index in [4.69, 9.17) is 4.74 Å². The molecule has 0 aliphatic rings. The van der Waals surface area contributed by atoms with Gasteiger partial charge in [-0.1, -0.05) is 12.1 Å². The zero-order valence-electron chi connectivity index (χ0n) is 11.0. The average molecular weight is 242 g/mol. The van der Waals surface area contributed by atoms with E-state index in [1.165, 1.54) is 5.56 Å². The molecule has 2 rings (SSSR count). The second-order valence-electron chi connectivity index (χ2n) is 4.28. The van der Waals surface area contributed by atoms with E-state index in [1.54, 1.807) is 6.20 Å². The maximum atomic E-state index is 5.90. The third kappa shape index (κ3) is 3.00. The molecule has 1 N–H and O–H groups in total. The number of aryl methyl sites for hydroxylation is 2. The predicted molar refractivity (Wildman–Crippen MR) is 74.4 cm³/mol. The van der Waals surface area contributed by atoms with Crippen LogP contribution in [0.4, 0.5) is 5.82 Å². The minimum atomic E-state index is 0.801. The Bertz CT molecular complexity index is 538. The van der Waals surface area contributed by atoms with Gasteiger partial charge in [0.25, 0.3) is 0 Å². The summed E-state index contributed by atoms with van der Waals surface area (Å²) in [5.41, 5.74) is 2.32. The molecule has 1 aromatic heterocycles. The summed E-state index contributed by atoms with van der Waals surface area (Å²) in [6.07, 6.45) is 1.75. The van der Waals surface area contributed by atoms with Crippen molar-refractivity contribution in [2.24, 2.45) is 0 Å². The molecule has 0 saturated heterocycles. The van der Waals surface area contributed by atoms with Gasteiger partial charge in [0.1, 0.15) is 17.3 Å². The summed E-state index contributed by atoms with van der Waals surface area (Å²) >= 11 is 0. The van der Waals surface area contributed by atoms with Crippen molar-refractivity contribution in [3.8, 4) is 11.5 Å². The number of nitrogens with zero attached hydrogens (tertiary/aromatic N) is 1. The molecule has 0 fully saturated rings. The van der Waals surface area contributed by atoms with Gasteiger partial charge in [-0.2, -0.15) is 0 Å². The summed E-state index contributed by atoms with van der Waals surface area (Å²) in [4.78, 5) is 4.22. The third-order valence-electron chi connectivity index (χ3n) is 2.66. The van der Waals surface area contributed by atoms with Crippen molar-refractivity contribution in [1.29, 1.82) is 0 Å². The molecule has 0 saturated carbocycles. The van der Waals surface area contributed by atoms with Crippen LogP contribution in [0.5, 0.6) is 11.5 Å². The molecular weight excluding hydrogens is 224 g/mol. The highest BCUT2D eigenvalue weighted by atomic mass is 16.5. The smallest absolute Gasteiger partial charge is 0.132 e. The van der Waals surface area contributed by atoms with Gasteiger partial charge in [0.2, 0.25) is 0 Å². The number of ether oxygens (including phenoxy) is 1. The largest absolute Gasteiger partial charge is 0.457 e. The van der Waals surface area contributed by atoms with Crippen molar-refractivity contribution >= 4 is 5.82 Å². The monoisotopic (exact) mass is 242 g/mol. The summed E-state index contributed by atoms with van der Waals surface area (Å²) in [6.45, 7) is 6.99. The highest BCUT2D eigenvalue weighted by molar-refractivity contribution is 5.44. The number of hydrogen-bond acceptors (Lipinski definition) is 3. The van der Waals surface area contributed by atoms with Gasteiger partial charge < -0.3 is 10.1 Å². The van der Waals surface area contributed by atoms with Gasteiger partial charge in [-0.05, 0) is 44.0 Å². The first-order valence-electron chi connectivity index (χ1n) is 6.14. The summed E-state index contributed by atoms with van der Waals surface area (Å²) < 4.78 is 5.90. The Balaban J connectivity index is 2.22. The normalized spacial score (nSPS) is 10.2. The standard InChI is InChI=1S/C15H18N2O/c1-4-16-15-10-13(7-8-17-15)18-14-9-11(2)5-6-12(14)3/h5-10H,4H2,1-3H3,(H,16,17). The number of rotatable bonds is 4. The molecule has 0 bridgehead atoms. The van der Waals surface area contributed by atoms with Gasteiger partial charge in [0.15, 0.2) is 0 Å². The summed E-state index contributed by atoms with van der Waals surface area (Å²) in [6, 6.07) is 9.96. The van der Waals surface area contributed by atoms with Crippen LogP contribution in [0.25, 0.3) is 0 Å². The van der Waals surface area contributed by atoms with Gasteiger partial charge in [0, 0.05) is 18.8 Å². The third-order valence-corrected chi connectivity index (χ3v) is 2.66. The van der Waals surface area contributed by atoms with Gasteiger partial charge in [0.05, 0.1) is 0 Å². The van der Waals surface area contributed by atoms with E-state index in [-0.39, 0.29) is 0 Å². The second kappa shape index (κ2) is 5.54. The number of aromatic nitrogens is 1. The fourth-order valence-corrected chi connectivity index (χ4v) is 1.70. The van der Waals surface area contributed by atoms with Crippen LogP contribution in [0.2, 0.25) is 0 Å². The van der Waals surface area contributed by atoms with Crippen LogP contribution in [0, 0.1) is 13.8 Å². The van der Waals surface area contributed by atoms with Crippen molar-refractivity contribution in [3.63, 3.8) is 0 Å². The van der Waals surface area contributed by atoms with E-state index in [2.05, 4.69) is 29.4 Å². The van der Waals surface area contributed by atoms with Crippen LogP contribution < -0.4 is 10.1 Å². The molecular formula is C15H18N2O. The molecule has 1 aromatic carbocycles. The second-order valence-corrected chi connectivity index (χ2v) is 4.28. The average Bonchev–Trinajstić information content (AvgIpc) is 2.35. The molecule has 0 aliphatic heterocycles. The molecule has 0 aliphatic carbocycles. The number of benzene rings is 1.